The number of hydrogen-bond donors (Lipinski definition) is 1. The third-order valence-corrected chi connectivity index (χ3v) is 5.29. The Morgan fingerprint density at radius 3 is 2.36 bits per heavy atom. The molecule has 150 valence electrons. The van der Waals surface area contributed by atoms with Crippen LogP contribution in [0.5, 0.6) is 0 Å². The van der Waals surface area contributed by atoms with E-state index in [4.69, 9.17) is 34.8 Å². The molecule has 0 fully saturated rings. The van der Waals surface area contributed by atoms with Crippen molar-refractivity contribution in [2.45, 2.75) is 39.3 Å². The van der Waals surface area contributed by atoms with Gasteiger partial charge < -0.3 is 10.2 Å². The van der Waals surface area contributed by atoms with Gasteiger partial charge in [-0.05, 0) is 48.7 Å². The highest BCUT2D eigenvalue weighted by atomic mass is 35.5. The first-order valence-corrected chi connectivity index (χ1v) is 10.2. The van der Waals surface area contributed by atoms with Gasteiger partial charge in [-0.1, -0.05) is 59.9 Å². The number of nitrogens with zero attached hydrogens (tertiary/aromatic N) is 1. The summed E-state index contributed by atoms with van der Waals surface area (Å²) in [6, 6.07) is 11.8. The zero-order valence-electron chi connectivity index (χ0n) is 15.8. The minimum atomic E-state index is -0.582. The van der Waals surface area contributed by atoms with Gasteiger partial charge in [0.25, 0.3) is 0 Å². The van der Waals surface area contributed by atoms with Gasteiger partial charge in [-0.2, -0.15) is 0 Å². The molecule has 0 heterocycles. The van der Waals surface area contributed by atoms with Crippen molar-refractivity contribution in [3.8, 4) is 0 Å². The van der Waals surface area contributed by atoms with Gasteiger partial charge in [-0.15, -0.1) is 0 Å². The Hall–Kier alpha value is -1.75. The molecule has 0 radical (unpaired) electrons. The largest absolute Gasteiger partial charge is 0.355 e. The van der Waals surface area contributed by atoms with Gasteiger partial charge in [0.15, 0.2) is 0 Å². The maximum absolute atomic E-state index is 13.1. The van der Waals surface area contributed by atoms with Crippen LogP contribution in [0.15, 0.2) is 42.5 Å². The molecule has 0 aliphatic heterocycles. The van der Waals surface area contributed by atoms with Gasteiger partial charge in [0.1, 0.15) is 6.04 Å². The van der Waals surface area contributed by atoms with Crippen LogP contribution in [0, 0.1) is 0 Å². The SMILES string of the molecule is CCNC(=O)[C@@H](CC)N(Cc1ccc(Cl)c(Cl)c1)C(=O)Cc1cccc(Cl)c1. The number of carbonyl (C=O) groups is 2. The van der Waals surface area contributed by atoms with Crippen molar-refractivity contribution in [1.29, 1.82) is 0 Å². The Bertz CT molecular complexity index is 842. The molecule has 0 bridgehead atoms. The van der Waals surface area contributed by atoms with E-state index in [9.17, 15) is 9.59 Å². The summed E-state index contributed by atoms with van der Waals surface area (Å²) in [5.41, 5.74) is 1.60. The van der Waals surface area contributed by atoms with E-state index < -0.39 is 6.04 Å². The predicted molar refractivity (Wildman–Crippen MR) is 115 cm³/mol. The molecule has 2 rings (SSSR count). The summed E-state index contributed by atoms with van der Waals surface area (Å²) < 4.78 is 0. The molecule has 2 aromatic rings. The number of benzene rings is 2. The van der Waals surface area contributed by atoms with Crippen LogP contribution >= 0.6 is 34.8 Å². The topological polar surface area (TPSA) is 49.4 Å². The Labute approximate surface area is 180 Å². The van der Waals surface area contributed by atoms with Crippen LogP contribution in [-0.2, 0) is 22.6 Å². The first kappa shape index (κ1) is 22.5. The highest BCUT2D eigenvalue weighted by Gasteiger charge is 2.28. The minimum absolute atomic E-state index is 0.151. The van der Waals surface area contributed by atoms with Gasteiger partial charge in [-0.3, -0.25) is 9.59 Å². The van der Waals surface area contributed by atoms with Crippen LogP contribution in [0.25, 0.3) is 0 Å². The van der Waals surface area contributed by atoms with E-state index >= 15 is 0 Å². The van der Waals surface area contributed by atoms with Gasteiger partial charge in [0, 0.05) is 18.1 Å². The van der Waals surface area contributed by atoms with Crippen molar-refractivity contribution in [1.82, 2.24) is 10.2 Å². The molecular weight excluding hydrogens is 419 g/mol. The lowest BCUT2D eigenvalue weighted by molar-refractivity contribution is -0.140. The molecule has 4 nitrogen and oxygen atoms in total. The highest BCUT2D eigenvalue weighted by molar-refractivity contribution is 6.42. The summed E-state index contributed by atoms with van der Waals surface area (Å²) in [7, 11) is 0. The summed E-state index contributed by atoms with van der Waals surface area (Å²) in [6.45, 7) is 4.49. The van der Waals surface area contributed by atoms with Crippen molar-refractivity contribution in [3.63, 3.8) is 0 Å². The zero-order chi connectivity index (χ0) is 20.7. The minimum Gasteiger partial charge on any atom is -0.355 e. The van der Waals surface area contributed by atoms with Gasteiger partial charge in [-0.25, -0.2) is 0 Å². The van der Waals surface area contributed by atoms with Crippen molar-refractivity contribution in [3.05, 3.63) is 68.7 Å². The second-order valence-electron chi connectivity index (χ2n) is 6.40. The number of amides is 2. The fourth-order valence-electron chi connectivity index (χ4n) is 2.97. The maximum Gasteiger partial charge on any atom is 0.242 e. The molecular formula is C21H23Cl3N2O2. The fraction of sp³-hybridized carbons (Fsp3) is 0.333. The Kier molecular flexibility index (Phi) is 8.61. The van der Waals surface area contributed by atoms with Crippen LogP contribution < -0.4 is 5.32 Å². The van der Waals surface area contributed by atoms with Crippen molar-refractivity contribution in [2.75, 3.05) is 6.54 Å². The molecule has 0 saturated carbocycles. The lowest BCUT2D eigenvalue weighted by Gasteiger charge is -2.30. The summed E-state index contributed by atoms with van der Waals surface area (Å²) in [5.74, 6) is -0.337. The molecule has 2 amide bonds. The van der Waals surface area contributed by atoms with Gasteiger partial charge in [0.05, 0.1) is 16.5 Å². The van der Waals surface area contributed by atoms with Crippen LogP contribution in [0.2, 0.25) is 15.1 Å². The molecule has 1 N–H and O–H groups in total. The first-order valence-electron chi connectivity index (χ1n) is 9.11. The normalized spacial score (nSPS) is 11.8. The lowest BCUT2D eigenvalue weighted by Crippen LogP contribution is -2.49. The van der Waals surface area contributed by atoms with Crippen molar-refractivity contribution >= 4 is 46.6 Å². The third-order valence-electron chi connectivity index (χ3n) is 4.32. The maximum atomic E-state index is 13.1. The smallest absolute Gasteiger partial charge is 0.242 e. The third kappa shape index (κ3) is 6.13. The summed E-state index contributed by atoms with van der Waals surface area (Å²) in [6.07, 6.45) is 0.645. The standard InChI is InChI=1S/C21H23Cl3N2O2/c1-3-19(21(28)25-4-2)26(13-15-8-9-17(23)18(24)11-15)20(27)12-14-6-5-7-16(22)10-14/h5-11,19H,3-4,12-13H2,1-2H3,(H,25,28)/t19-/m1/s1. The van der Waals surface area contributed by atoms with Crippen LogP contribution in [0.1, 0.15) is 31.4 Å². The molecule has 0 aromatic heterocycles. The van der Waals surface area contributed by atoms with E-state index in [-0.39, 0.29) is 24.8 Å². The molecule has 0 unspecified atom stereocenters. The lowest BCUT2D eigenvalue weighted by atomic mass is 10.1. The fourth-order valence-corrected chi connectivity index (χ4v) is 3.50. The molecule has 28 heavy (non-hydrogen) atoms. The number of nitrogens with one attached hydrogen (secondary N) is 1. The molecule has 0 aliphatic rings. The molecule has 7 heteroatoms. The van der Waals surface area contributed by atoms with Crippen LogP contribution in [-0.4, -0.2) is 29.3 Å². The quantitative estimate of drug-likeness (QED) is 0.617. The van der Waals surface area contributed by atoms with E-state index in [0.29, 0.717) is 28.0 Å². The van der Waals surface area contributed by atoms with Gasteiger partial charge >= 0.3 is 0 Å². The van der Waals surface area contributed by atoms with Crippen molar-refractivity contribution in [2.24, 2.45) is 0 Å². The van der Waals surface area contributed by atoms with Crippen LogP contribution in [0.4, 0.5) is 0 Å². The highest BCUT2D eigenvalue weighted by Crippen LogP contribution is 2.24. The zero-order valence-corrected chi connectivity index (χ0v) is 18.1. The van der Waals surface area contributed by atoms with E-state index in [1.54, 1.807) is 41.3 Å². The van der Waals surface area contributed by atoms with Crippen molar-refractivity contribution < 1.29 is 9.59 Å². The number of hydrogen-bond acceptors (Lipinski definition) is 2. The average Bonchev–Trinajstić information content (AvgIpc) is 2.64. The summed E-state index contributed by atoms with van der Waals surface area (Å²) in [5, 5.41) is 4.23. The number of carbonyl (C=O) groups excluding carboxylic acids is 2. The Morgan fingerprint density at radius 2 is 1.75 bits per heavy atom. The second-order valence-corrected chi connectivity index (χ2v) is 7.65. The monoisotopic (exact) mass is 440 g/mol. The summed E-state index contributed by atoms with van der Waals surface area (Å²) >= 11 is 18.1. The van der Waals surface area contributed by atoms with E-state index in [0.717, 1.165) is 11.1 Å². The average molecular weight is 442 g/mol. The molecule has 0 saturated heterocycles. The molecule has 1 atom stereocenters. The van der Waals surface area contributed by atoms with E-state index in [1.165, 1.54) is 0 Å². The van der Waals surface area contributed by atoms with Crippen LogP contribution in [0.3, 0.4) is 0 Å². The number of halogens is 3. The summed E-state index contributed by atoms with van der Waals surface area (Å²) in [4.78, 5) is 27.3. The Morgan fingerprint density at radius 1 is 1.00 bits per heavy atom. The Balaban J connectivity index is 2.31. The second kappa shape index (κ2) is 10.7. The molecule has 0 spiro atoms. The first-order chi connectivity index (χ1) is 13.3. The van der Waals surface area contributed by atoms with E-state index in [1.807, 2.05) is 19.9 Å². The van der Waals surface area contributed by atoms with E-state index in [2.05, 4.69) is 5.32 Å². The molecule has 0 aliphatic carbocycles. The number of rotatable bonds is 8. The predicted octanol–water partition coefficient (Wildman–Crippen LogP) is 5.13. The van der Waals surface area contributed by atoms with Gasteiger partial charge in [0.2, 0.25) is 11.8 Å². The number of likely N-dealkylation sites (N-methyl/N-ethyl adjacent to an activating group) is 1. The molecule has 2 aromatic carbocycles.